The van der Waals surface area contributed by atoms with Crippen LogP contribution in [0.4, 0.5) is 0 Å². The normalized spacial score (nSPS) is 12.3. The molecule has 2 aromatic carbocycles. The maximum atomic E-state index is 12.8. The summed E-state index contributed by atoms with van der Waals surface area (Å²) in [5.41, 5.74) is 3.00. The van der Waals surface area contributed by atoms with E-state index in [-0.39, 0.29) is 5.41 Å². The number of carbonyl (C=O) groups is 2. The quantitative estimate of drug-likeness (QED) is 0.466. The minimum absolute atomic E-state index is 0.0111. The number of hydrogen-bond acceptors (Lipinski definition) is 4. The molecule has 0 N–H and O–H groups in total. The number of carbonyl (C=O) groups excluding carboxylic acids is 2. The van der Waals surface area contributed by atoms with Crippen LogP contribution in [0.3, 0.4) is 0 Å². The molecule has 0 saturated carbocycles. The average molecular weight is 383 g/mol. The molecule has 0 spiro atoms. The van der Waals surface area contributed by atoms with E-state index in [4.69, 9.17) is 9.47 Å². The van der Waals surface area contributed by atoms with Gasteiger partial charge in [-0.15, -0.1) is 0 Å². The molecule has 2 aromatic rings. The SMILES string of the molecule is CCCCOC(=O)C(OC(=O)c1ccc(C(C)(C)C)cc1C)c1ccccc1. The van der Waals surface area contributed by atoms with E-state index >= 15 is 0 Å². The fraction of sp³-hybridized carbons (Fsp3) is 0.417. The summed E-state index contributed by atoms with van der Waals surface area (Å²) in [7, 11) is 0. The molecular formula is C24H30O4. The zero-order valence-corrected chi connectivity index (χ0v) is 17.5. The molecule has 0 bridgehead atoms. The summed E-state index contributed by atoms with van der Waals surface area (Å²) < 4.78 is 10.9. The smallest absolute Gasteiger partial charge is 0.352 e. The molecule has 0 radical (unpaired) electrons. The van der Waals surface area contributed by atoms with Gasteiger partial charge < -0.3 is 9.47 Å². The van der Waals surface area contributed by atoms with Gasteiger partial charge >= 0.3 is 11.9 Å². The number of ether oxygens (including phenoxy) is 2. The van der Waals surface area contributed by atoms with E-state index in [1.165, 1.54) is 0 Å². The molecule has 28 heavy (non-hydrogen) atoms. The molecular weight excluding hydrogens is 352 g/mol. The summed E-state index contributed by atoms with van der Waals surface area (Å²) in [5.74, 6) is -1.07. The lowest BCUT2D eigenvalue weighted by molar-refractivity contribution is -0.154. The predicted octanol–water partition coefficient (Wildman–Crippen LogP) is 5.53. The number of hydrogen-bond donors (Lipinski definition) is 0. The summed E-state index contributed by atoms with van der Waals surface area (Å²) in [6.45, 7) is 10.6. The summed E-state index contributed by atoms with van der Waals surface area (Å²) in [6.07, 6.45) is 0.615. The first-order chi connectivity index (χ1) is 13.2. The predicted molar refractivity (Wildman–Crippen MR) is 110 cm³/mol. The van der Waals surface area contributed by atoms with Crippen molar-refractivity contribution in [3.63, 3.8) is 0 Å². The Morgan fingerprint density at radius 2 is 1.71 bits per heavy atom. The molecule has 0 fully saturated rings. The lowest BCUT2D eigenvalue weighted by Gasteiger charge is -2.21. The van der Waals surface area contributed by atoms with Crippen molar-refractivity contribution in [2.75, 3.05) is 6.61 Å². The first kappa shape index (κ1) is 21.7. The van der Waals surface area contributed by atoms with Crippen molar-refractivity contribution >= 4 is 11.9 Å². The third-order valence-electron chi connectivity index (χ3n) is 4.60. The second-order valence-corrected chi connectivity index (χ2v) is 8.00. The molecule has 0 amide bonds. The molecule has 150 valence electrons. The second kappa shape index (κ2) is 9.54. The Morgan fingerprint density at radius 1 is 1.04 bits per heavy atom. The van der Waals surface area contributed by atoms with E-state index in [1.807, 2.05) is 32.0 Å². The van der Waals surface area contributed by atoms with E-state index in [2.05, 4.69) is 20.8 Å². The number of unbranched alkanes of at least 4 members (excludes halogenated alkanes) is 1. The van der Waals surface area contributed by atoms with Crippen molar-refractivity contribution in [1.82, 2.24) is 0 Å². The Labute approximate surface area is 167 Å². The van der Waals surface area contributed by atoms with Gasteiger partial charge in [0, 0.05) is 5.56 Å². The van der Waals surface area contributed by atoms with E-state index in [0.717, 1.165) is 24.0 Å². The third-order valence-corrected chi connectivity index (χ3v) is 4.60. The molecule has 0 aliphatic heterocycles. The number of benzene rings is 2. The summed E-state index contributed by atoms with van der Waals surface area (Å²) in [4.78, 5) is 25.4. The van der Waals surface area contributed by atoms with Gasteiger partial charge in [0.1, 0.15) is 0 Å². The highest BCUT2D eigenvalue weighted by atomic mass is 16.6. The van der Waals surface area contributed by atoms with Crippen LogP contribution in [0, 0.1) is 6.92 Å². The van der Waals surface area contributed by atoms with Gasteiger partial charge in [-0.25, -0.2) is 9.59 Å². The van der Waals surface area contributed by atoms with Crippen molar-refractivity contribution in [1.29, 1.82) is 0 Å². The Kier molecular flexibility index (Phi) is 7.38. The fourth-order valence-electron chi connectivity index (χ4n) is 2.80. The average Bonchev–Trinajstić information content (AvgIpc) is 2.65. The van der Waals surface area contributed by atoms with Crippen LogP contribution in [0.1, 0.15) is 73.7 Å². The monoisotopic (exact) mass is 382 g/mol. The molecule has 0 aromatic heterocycles. The zero-order valence-electron chi connectivity index (χ0n) is 17.5. The standard InChI is InChI=1S/C24H30O4/c1-6-7-15-27-23(26)21(18-11-9-8-10-12-18)28-22(25)20-14-13-19(16-17(20)2)24(3,4)5/h8-14,16,21H,6-7,15H2,1-5H3. The van der Waals surface area contributed by atoms with E-state index < -0.39 is 18.0 Å². The lowest BCUT2D eigenvalue weighted by atomic mass is 9.85. The summed E-state index contributed by atoms with van der Waals surface area (Å²) in [5, 5.41) is 0. The van der Waals surface area contributed by atoms with Gasteiger partial charge in [-0.2, -0.15) is 0 Å². The fourth-order valence-corrected chi connectivity index (χ4v) is 2.80. The van der Waals surface area contributed by atoms with Gasteiger partial charge in [0.2, 0.25) is 6.10 Å². The van der Waals surface area contributed by atoms with Gasteiger partial charge in [0.15, 0.2) is 0 Å². The van der Waals surface area contributed by atoms with Crippen LogP contribution in [0.25, 0.3) is 0 Å². The first-order valence-corrected chi connectivity index (χ1v) is 9.77. The number of esters is 2. The summed E-state index contributed by atoms with van der Waals surface area (Å²) in [6, 6.07) is 14.7. The highest BCUT2D eigenvalue weighted by Gasteiger charge is 2.28. The topological polar surface area (TPSA) is 52.6 Å². The van der Waals surface area contributed by atoms with Crippen LogP contribution >= 0.6 is 0 Å². The van der Waals surface area contributed by atoms with Crippen LogP contribution in [-0.2, 0) is 19.7 Å². The van der Waals surface area contributed by atoms with Crippen molar-refractivity contribution in [3.8, 4) is 0 Å². The Balaban J connectivity index is 2.24. The van der Waals surface area contributed by atoms with Crippen LogP contribution in [0.15, 0.2) is 48.5 Å². The molecule has 4 heteroatoms. The van der Waals surface area contributed by atoms with Crippen LogP contribution in [0.5, 0.6) is 0 Å². The van der Waals surface area contributed by atoms with Gasteiger partial charge in [-0.1, -0.05) is 76.6 Å². The molecule has 0 aliphatic carbocycles. The number of aryl methyl sites for hydroxylation is 1. The molecule has 2 rings (SSSR count). The van der Waals surface area contributed by atoms with Crippen molar-refractivity contribution in [3.05, 3.63) is 70.8 Å². The van der Waals surface area contributed by atoms with Gasteiger partial charge in [0.05, 0.1) is 12.2 Å². The van der Waals surface area contributed by atoms with Crippen molar-refractivity contribution in [2.24, 2.45) is 0 Å². The summed E-state index contributed by atoms with van der Waals surface area (Å²) >= 11 is 0. The third kappa shape index (κ3) is 5.69. The van der Waals surface area contributed by atoms with Gasteiger partial charge in [-0.05, 0) is 36.0 Å². The van der Waals surface area contributed by atoms with Crippen LogP contribution < -0.4 is 0 Å². The van der Waals surface area contributed by atoms with E-state index in [9.17, 15) is 9.59 Å². The number of rotatable bonds is 7. The van der Waals surface area contributed by atoms with E-state index in [0.29, 0.717) is 17.7 Å². The molecule has 0 aliphatic rings. The second-order valence-electron chi connectivity index (χ2n) is 8.00. The maximum absolute atomic E-state index is 12.8. The minimum atomic E-state index is -1.08. The van der Waals surface area contributed by atoms with Gasteiger partial charge in [0.25, 0.3) is 0 Å². The highest BCUT2D eigenvalue weighted by Crippen LogP contribution is 2.26. The lowest BCUT2D eigenvalue weighted by Crippen LogP contribution is -2.23. The largest absolute Gasteiger partial charge is 0.463 e. The minimum Gasteiger partial charge on any atom is -0.463 e. The molecule has 4 nitrogen and oxygen atoms in total. The van der Waals surface area contributed by atoms with Crippen molar-refractivity contribution < 1.29 is 19.1 Å². The zero-order chi connectivity index (χ0) is 20.7. The molecule has 0 heterocycles. The molecule has 0 saturated heterocycles. The maximum Gasteiger partial charge on any atom is 0.352 e. The Bertz CT molecular complexity index is 803. The van der Waals surface area contributed by atoms with E-state index in [1.54, 1.807) is 30.3 Å². The first-order valence-electron chi connectivity index (χ1n) is 9.77. The molecule has 1 unspecified atom stereocenters. The Morgan fingerprint density at radius 3 is 2.29 bits per heavy atom. The highest BCUT2D eigenvalue weighted by molar-refractivity contribution is 5.93. The Hall–Kier alpha value is -2.62. The van der Waals surface area contributed by atoms with Crippen LogP contribution in [-0.4, -0.2) is 18.5 Å². The van der Waals surface area contributed by atoms with Crippen molar-refractivity contribution in [2.45, 2.75) is 59.0 Å². The molecule has 1 atom stereocenters. The van der Waals surface area contributed by atoms with Crippen LogP contribution in [0.2, 0.25) is 0 Å². The van der Waals surface area contributed by atoms with Gasteiger partial charge in [-0.3, -0.25) is 0 Å².